The van der Waals surface area contributed by atoms with Gasteiger partial charge < -0.3 is 5.32 Å². The molecule has 5 aromatic rings. The number of nitrogens with zero attached hydrogens (tertiary/aromatic N) is 2. The molecule has 3 atom stereocenters. The number of hydroxylamine groups is 2. The molecule has 230 valence electrons. The number of anilines is 1. The molecule has 0 aromatic heterocycles. The molecule has 7 rings (SSSR count). The van der Waals surface area contributed by atoms with Gasteiger partial charge in [-0.1, -0.05) is 109 Å². The van der Waals surface area contributed by atoms with E-state index < -0.39 is 39.1 Å². The number of aryl methyl sites for hydroxylation is 1. The van der Waals surface area contributed by atoms with Crippen molar-refractivity contribution in [2.24, 2.45) is 4.40 Å². The van der Waals surface area contributed by atoms with Gasteiger partial charge in [0, 0.05) is 5.69 Å². The van der Waals surface area contributed by atoms with Gasteiger partial charge in [-0.25, -0.2) is 9.45 Å². The molecule has 2 aliphatic heterocycles. The third kappa shape index (κ3) is 4.98. The number of hydrogen-bond donors (Lipinski definition) is 1. The largest absolute Gasteiger partial charge is 0.342 e. The number of carbonyl (C=O) groups is 1. The van der Waals surface area contributed by atoms with Crippen LogP contribution >= 0.6 is 0 Å². The first kappa shape index (κ1) is 29.6. The van der Waals surface area contributed by atoms with Crippen molar-refractivity contribution < 1.29 is 22.4 Å². The van der Waals surface area contributed by atoms with Crippen LogP contribution in [0.3, 0.4) is 0 Å². The van der Waals surface area contributed by atoms with Crippen LogP contribution in [0.25, 0.3) is 0 Å². The Hall–Kier alpha value is -5.12. The normalized spacial score (nSPS) is 21.5. The molecule has 2 heterocycles. The van der Waals surface area contributed by atoms with E-state index in [9.17, 15) is 17.6 Å². The lowest BCUT2D eigenvalue weighted by Crippen LogP contribution is -2.44. The molecule has 1 saturated heterocycles. The summed E-state index contributed by atoms with van der Waals surface area (Å²) >= 11 is 0. The van der Waals surface area contributed by atoms with E-state index in [1.54, 1.807) is 24.3 Å². The fraction of sp³-hybridized carbons (Fsp3) is 0.135. The van der Waals surface area contributed by atoms with E-state index in [1.165, 1.54) is 29.3 Å². The first-order valence-electron chi connectivity index (χ1n) is 14.9. The Balaban J connectivity index is 1.51. The van der Waals surface area contributed by atoms with Crippen molar-refractivity contribution in [1.29, 1.82) is 0 Å². The summed E-state index contributed by atoms with van der Waals surface area (Å²) in [7, 11) is -4.25. The predicted molar refractivity (Wildman–Crippen MR) is 174 cm³/mol. The Bertz CT molecular complexity index is 2040. The van der Waals surface area contributed by atoms with Crippen molar-refractivity contribution in [3.8, 4) is 0 Å². The molecule has 3 unspecified atom stereocenters. The standard InChI is InChI=1S/C37H30FN3O4S/c1-25-16-22-30(23-17-25)46(43,44)40-36-37(31-14-8-9-15-32(31)39-36)33(27-18-20-29(38)21-19-27)35(42)41(34(37)28-12-6-3-7-13-28)45-24-26-10-4-2-5-11-26/h2-23,33-34H,24H2,1H3,(H,39,40). The molecule has 1 N–H and O–H groups in total. The summed E-state index contributed by atoms with van der Waals surface area (Å²) in [5.41, 5.74) is 2.84. The summed E-state index contributed by atoms with van der Waals surface area (Å²) < 4.78 is 46.7. The summed E-state index contributed by atoms with van der Waals surface area (Å²) in [5.74, 6) is -1.81. The Labute approximate surface area is 267 Å². The van der Waals surface area contributed by atoms with Crippen molar-refractivity contribution in [3.63, 3.8) is 0 Å². The van der Waals surface area contributed by atoms with Crippen molar-refractivity contribution in [1.82, 2.24) is 5.06 Å². The first-order chi connectivity index (χ1) is 22.3. The first-order valence-corrected chi connectivity index (χ1v) is 16.3. The van der Waals surface area contributed by atoms with Crippen LogP contribution in [0, 0.1) is 12.7 Å². The van der Waals surface area contributed by atoms with Crippen LogP contribution in [-0.2, 0) is 31.7 Å². The Morgan fingerprint density at radius 3 is 2.13 bits per heavy atom. The molecule has 0 aliphatic carbocycles. The summed E-state index contributed by atoms with van der Waals surface area (Å²) in [6.45, 7) is 1.96. The minimum Gasteiger partial charge on any atom is -0.342 e. The maximum Gasteiger partial charge on any atom is 0.283 e. The zero-order chi connectivity index (χ0) is 31.9. The van der Waals surface area contributed by atoms with E-state index in [-0.39, 0.29) is 17.3 Å². The van der Waals surface area contributed by atoms with Gasteiger partial charge in [-0.15, -0.1) is 4.40 Å². The second-order valence-corrected chi connectivity index (χ2v) is 13.1. The summed E-state index contributed by atoms with van der Waals surface area (Å²) in [6, 6.07) is 37.6. The highest BCUT2D eigenvalue weighted by atomic mass is 32.2. The monoisotopic (exact) mass is 631 g/mol. The number of nitrogens with one attached hydrogen (secondary N) is 1. The second-order valence-electron chi connectivity index (χ2n) is 11.5. The van der Waals surface area contributed by atoms with E-state index in [1.807, 2.05) is 91.9 Å². The predicted octanol–water partition coefficient (Wildman–Crippen LogP) is 7.08. The molecule has 1 amide bonds. The number of sulfonamides is 1. The SMILES string of the molecule is Cc1ccc(S(=O)(=O)/N=C2\Nc3ccccc3C23C(c2ccc(F)cc2)C(=O)N(OCc2ccccc2)C3c2ccccc2)cc1. The zero-order valence-corrected chi connectivity index (χ0v) is 25.7. The van der Waals surface area contributed by atoms with Crippen molar-refractivity contribution in [3.05, 3.63) is 167 Å². The fourth-order valence-electron chi connectivity index (χ4n) is 6.60. The third-order valence-corrected chi connectivity index (χ3v) is 9.96. The smallest absolute Gasteiger partial charge is 0.283 e. The molecule has 1 spiro atoms. The van der Waals surface area contributed by atoms with Gasteiger partial charge in [-0.2, -0.15) is 8.42 Å². The van der Waals surface area contributed by atoms with E-state index in [0.29, 0.717) is 22.4 Å². The maximum atomic E-state index is 14.9. The van der Waals surface area contributed by atoms with Gasteiger partial charge in [0.1, 0.15) is 24.3 Å². The van der Waals surface area contributed by atoms with E-state index >= 15 is 0 Å². The lowest BCUT2D eigenvalue weighted by Gasteiger charge is -2.37. The number of para-hydroxylation sites is 1. The summed E-state index contributed by atoms with van der Waals surface area (Å²) in [6.07, 6.45) is 0. The van der Waals surface area contributed by atoms with Gasteiger partial charge in [0.25, 0.3) is 15.9 Å². The quantitative estimate of drug-likeness (QED) is 0.207. The number of benzene rings is 5. The van der Waals surface area contributed by atoms with Crippen LogP contribution < -0.4 is 5.32 Å². The Morgan fingerprint density at radius 1 is 0.804 bits per heavy atom. The lowest BCUT2D eigenvalue weighted by atomic mass is 9.64. The van der Waals surface area contributed by atoms with E-state index in [4.69, 9.17) is 4.84 Å². The molecule has 0 bridgehead atoms. The minimum atomic E-state index is -4.25. The number of amidine groups is 1. The highest BCUT2D eigenvalue weighted by molar-refractivity contribution is 7.90. The fourth-order valence-corrected chi connectivity index (χ4v) is 7.63. The number of fused-ring (bicyclic) bond motifs is 2. The van der Waals surface area contributed by atoms with Gasteiger partial charge in [0.2, 0.25) is 0 Å². The van der Waals surface area contributed by atoms with Crippen LogP contribution in [0.4, 0.5) is 10.1 Å². The number of rotatable bonds is 7. The molecular weight excluding hydrogens is 601 g/mol. The molecule has 0 radical (unpaired) electrons. The highest BCUT2D eigenvalue weighted by Gasteiger charge is 2.67. The van der Waals surface area contributed by atoms with Crippen molar-refractivity contribution >= 4 is 27.5 Å². The van der Waals surface area contributed by atoms with Gasteiger partial charge in [0.15, 0.2) is 0 Å². The molecule has 5 aromatic carbocycles. The molecule has 7 nitrogen and oxygen atoms in total. The topological polar surface area (TPSA) is 88.1 Å². The van der Waals surface area contributed by atoms with Crippen LogP contribution in [0.5, 0.6) is 0 Å². The van der Waals surface area contributed by atoms with Crippen LogP contribution in [-0.4, -0.2) is 25.2 Å². The van der Waals surface area contributed by atoms with Gasteiger partial charge in [-0.3, -0.25) is 9.63 Å². The molecule has 46 heavy (non-hydrogen) atoms. The van der Waals surface area contributed by atoms with Crippen molar-refractivity contribution in [2.75, 3.05) is 5.32 Å². The number of hydrogen-bond acceptors (Lipinski definition) is 4. The van der Waals surface area contributed by atoms with Crippen LogP contribution in [0.15, 0.2) is 143 Å². The van der Waals surface area contributed by atoms with Crippen LogP contribution in [0.1, 0.15) is 39.8 Å². The van der Waals surface area contributed by atoms with E-state index in [2.05, 4.69) is 9.71 Å². The average molecular weight is 632 g/mol. The second kappa shape index (κ2) is 11.7. The Morgan fingerprint density at radius 2 is 1.43 bits per heavy atom. The van der Waals surface area contributed by atoms with Gasteiger partial charge >= 0.3 is 0 Å². The van der Waals surface area contributed by atoms with Gasteiger partial charge in [-0.05, 0) is 59.5 Å². The highest BCUT2D eigenvalue weighted by Crippen LogP contribution is 2.61. The number of carbonyl (C=O) groups excluding carboxylic acids is 1. The third-order valence-electron chi connectivity index (χ3n) is 8.67. The lowest BCUT2D eigenvalue weighted by molar-refractivity contribution is -0.198. The van der Waals surface area contributed by atoms with E-state index in [0.717, 1.165) is 11.1 Å². The number of halogens is 1. The minimum absolute atomic E-state index is 0.0228. The molecule has 0 saturated carbocycles. The summed E-state index contributed by atoms with van der Waals surface area (Å²) in [4.78, 5) is 21.3. The molecule has 9 heteroatoms. The van der Waals surface area contributed by atoms with Crippen molar-refractivity contribution in [2.45, 2.75) is 35.8 Å². The van der Waals surface area contributed by atoms with Gasteiger partial charge in [0.05, 0.1) is 16.2 Å². The number of amides is 1. The maximum absolute atomic E-state index is 14.9. The molecule has 1 fully saturated rings. The molecule has 2 aliphatic rings. The zero-order valence-electron chi connectivity index (χ0n) is 24.9. The molecular formula is C37H30FN3O4S. The van der Waals surface area contributed by atoms with Crippen LogP contribution in [0.2, 0.25) is 0 Å². The average Bonchev–Trinajstić information content (AvgIpc) is 3.52. The summed E-state index contributed by atoms with van der Waals surface area (Å²) in [5, 5.41) is 4.65. The Kier molecular flexibility index (Phi) is 7.50.